The number of aromatic hydroxyl groups is 1. The van der Waals surface area contributed by atoms with Gasteiger partial charge in [0.25, 0.3) is 11.8 Å². The van der Waals surface area contributed by atoms with Gasteiger partial charge in [0, 0.05) is 11.4 Å². The van der Waals surface area contributed by atoms with Crippen molar-refractivity contribution in [2.45, 2.75) is 6.92 Å². The second-order valence-electron chi connectivity index (χ2n) is 7.28. The highest BCUT2D eigenvalue weighted by Crippen LogP contribution is 2.30. The van der Waals surface area contributed by atoms with Gasteiger partial charge in [-0.15, -0.1) is 0 Å². The molecule has 2 amide bonds. The van der Waals surface area contributed by atoms with Crippen LogP contribution in [-0.2, 0) is 9.59 Å². The Morgan fingerprint density at radius 3 is 2.33 bits per heavy atom. The van der Waals surface area contributed by atoms with Gasteiger partial charge in [-0.2, -0.15) is 5.26 Å². The third-order valence-electron chi connectivity index (χ3n) is 4.63. The zero-order valence-corrected chi connectivity index (χ0v) is 20.6. The molecule has 0 saturated heterocycles. The van der Waals surface area contributed by atoms with Crippen LogP contribution >= 0.6 is 23.2 Å². The summed E-state index contributed by atoms with van der Waals surface area (Å²) in [5, 5.41) is 24.8. The second-order valence-corrected chi connectivity index (χ2v) is 8.09. The van der Waals surface area contributed by atoms with Crippen LogP contribution in [0.4, 0.5) is 11.4 Å². The zero-order valence-electron chi connectivity index (χ0n) is 19.0. The molecule has 0 aliphatic heterocycles. The van der Waals surface area contributed by atoms with Crippen molar-refractivity contribution in [3.63, 3.8) is 0 Å². The molecular formula is C26H21Cl2N3O5. The summed E-state index contributed by atoms with van der Waals surface area (Å²) in [4.78, 5) is 24.8. The van der Waals surface area contributed by atoms with E-state index in [2.05, 4.69) is 10.6 Å². The summed E-state index contributed by atoms with van der Waals surface area (Å²) in [6.07, 6.45) is 1.40. The second kappa shape index (κ2) is 12.5. The third kappa shape index (κ3) is 7.40. The summed E-state index contributed by atoms with van der Waals surface area (Å²) in [7, 11) is 0. The number of halogens is 2. The molecule has 10 heteroatoms. The SMILES string of the molecule is CCOc1cc(/C=C(\C#N)C(=O)Nc2ccc(O)cc2)ccc1OCC(=O)Nc1ccc(Cl)c(Cl)c1. The standard InChI is InChI=1S/C26H21Cl2N3O5/c1-2-35-24-12-16(11-17(14-29)26(34)31-18-4-7-20(32)8-5-18)3-10-23(24)36-15-25(33)30-19-6-9-21(27)22(28)13-19/h3-13,32H,2,15H2,1H3,(H,30,33)(H,31,34)/b17-11+. The molecule has 0 aromatic heterocycles. The van der Waals surface area contributed by atoms with Gasteiger partial charge >= 0.3 is 0 Å². The summed E-state index contributed by atoms with van der Waals surface area (Å²) in [5.41, 5.74) is 1.28. The molecule has 0 atom stereocenters. The molecule has 0 spiro atoms. The summed E-state index contributed by atoms with van der Waals surface area (Å²) in [5.74, 6) is -0.324. The van der Waals surface area contributed by atoms with Gasteiger partial charge in [0.15, 0.2) is 18.1 Å². The fraction of sp³-hybridized carbons (Fsp3) is 0.115. The number of phenols is 1. The van der Waals surface area contributed by atoms with Crippen molar-refractivity contribution in [2.24, 2.45) is 0 Å². The van der Waals surface area contributed by atoms with Gasteiger partial charge in [-0.05, 0) is 73.2 Å². The van der Waals surface area contributed by atoms with E-state index in [9.17, 15) is 20.0 Å². The van der Waals surface area contributed by atoms with Crippen molar-refractivity contribution in [3.8, 4) is 23.3 Å². The lowest BCUT2D eigenvalue weighted by Gasteiger charge is -2.13. The molecule has 3 aromatic rings. The number of carbonyl (C=O) groups excluding carboxylic acids is 2. The Bertz CT molecular complexity index is 1330. The summed E-state index contributed by atoms with van der Waals surface area (Å²) >= 11 is 11.8. The minimum Gasteiger partial charge on any atom is -0.508 e. The summed E-state index contributed by atoms with van der Waals surface area (Å²) < 4.78 is 11.2. The first-order valence-electron chi connectivity index (χ1n) is 10.7. The minimum absolute atomic E-state index is 0.0571. The van der Waals surface area contributed by atoms with E-state index in [4.69, 9.17) is 32.7 Å². The smallest absolute Gasteiger partial charge is 0.266 e. The van der Waals surface area contributed by atoms with Crippen LogP contribution in [0.25, 0.3) is 6.08 Å². The van der Waals surface area contributed by atoms with E-state index in [1.165, 1.54) is 36.4 Å². The van der Waals surface area contributed by atoms with Gasteiger partial charge in [-0.3, -0.25) is 9.59 Å². The molecule has 0 saturated carbocycles. The summed E-state index contributed by atoms with van der Waals surface area (Å²) in [6, 6.07) is 17.3. The van der Waals surface area contributed by atoms with Crippen molar-refractivity contribution in [1.29, 1.82) is 5.26 Å². The van der Waals surface area contributed by atoms with Crippen LogP contribution in [0, 0.1) is 11.3 Å². The number of amides is 2. The molecule has 0 aliphatic carbocycles. The minimum atomic E-state index is -0.611. The van der Waals surface area contributed by atoms with Crippen LogP contribution in [0.1, 0.15) is 12.5 Å². The lowest BCUT2D eigenvalue weighted by Crippen LogP contribution is -2.20. The topological polar surface area (TPSA) is 121 Å². The van der Waals surface area contributed by atoms with Crippen LogP contribution in [0.2, 0.25) is 10.0 Å². The lowest BCUT2D eigenvalue weighted by atomic mass is 10.1. The molecule has 3 N–H and O–H groups in total. The highest BCUT2D eigenvalue weighted by Gasteiger charge is 2.13. The van der Waals surface area contributed by atoms with Crippen LogP contribution in [0.3, 0.4) is 0 Å². The van der Waals surface area contributed by atoms with Crippen molar-refractivity contribution in [2.75, 3.05) is 23.8 Å². The van der Waals surface area contributed by atoms with E-state index < -0.39 is 11.8 Å². The fourth-order valence-corrected chi connectivity index (χ4v) is 3.27. The number of rotatable bonds is 9. The van der Waals surface area contributed by atoms with Gasteiger partial charge in [-0.1, -0.05) is 29.3 Å². The van der Waals surface area contributed by atoms with E-state index in [1.807, 2.05) is 6.07 Å². The lowest BCUT2D eigenvalue weighted by molar-refractivity contribution is -0.118. The van der Waals surface area contributed by atoms with E-state index in [0.29, 0.717) is 45.1 Å². The van der Waals surface area contributed by atoms with Crippen LogP contribution in [0.15, 0.2) is 66.2 Å². The Morgan fingerprint density at radius 2 is 1.67 bits per heavy atom. The zero-order chi connectivity index (χ0) is 26.1. The summed E-state index contributed by atoms with van der Waals surface area (Å²) in [6.45, 7) is 1.81. The highest BCUT2D eigenvalue weighted by atomic mass is 35.5. The predicted octanol–water partition coefficient (Wildman–Crippen LogP) is 5.66. The Morgan fingerprint density at radius 1 is 0.944 bits per heavy atom. The molecule has 0 aliphatic rings. The van der Waals surface area contributed by atoms with E-state index in [-0.39, 0.29) is 17.9 Å². The first kappa shape index (κ1) is 26.4. The van der Waals surface area contributed by atoms with E-state index >= 15 is 0 Å². The Hall–Kier alpha value is -4.19. The monoisotopic (exact) mass is 525 g/mol. The van der Waals surface area contributed by atoms with Gasteiger partial charge in [0.2, 0.25) is 0 Å². The molecular weight excluding hydrogens is 505 g/mol. The number of hydrogen-bond donors (Lipinski definition) is 3. The molecule has 0 heterocycles. The molecule has 0 bridgehead atoms. The van der Waals surface area contributed by atoms with Crippen molar-refractivity contribution in [3.05, 3.63) is 81.8 Å². The third-order valence-corrected chi connectivity index (χ3v) is 5.37. The molecule has 36 heavy (non-hydrogen) atoms. The number of carbonyl (C=O) groups is 2. The molecule has 0 fully saturated rings. The fourth-order valence-electron chi connectivity index (χ4n) is 2.97. The van der Waals surface area contributed by atoms with Crippen LogP contribution < -0.4 is 20.1 Å². The number of benzene rings is 3. The molecule has 3 rings (SSSR count). The number of nitrogens with zero attached hydrogens (tertiary/aromatic N) is 1. The van der Waals surface area contributed by atoms with Gasteiger partial charge in [0.1, 0.15) is 17.4 Å². The van der Waals surface area contributed by atoms with Crippen molar-refractivity contribution >= 4 is 52.5 Å². The average molecular weight is 526 g/mol. The molecule has 184 valence electrons. The molecule has 3 aromatic carbocycles. The maximum Gasteiger partial charge on any atom is 0.266 e. The van der Waals surface area contributed by atoms with Gasteiger partial charge in [0.05, 0.1) is 16.7 Å². The first-order chi connectivity index (χ1) is 17.3. The quantitative estimate of drug-likeness (QED) is 0.188. The first-order valence-corrected chi connectivity index (χ1v) is 11.4. The number of ether oxygens (including phenoxy) is 2. The van der Waals surface area contributed by atoms with E-state index in [1.54, 1.807) is 37.3 Å². The van der Waals surface area contributed by atoms with Crippen LogP contribution in [0.5, 0.6) is 17.2 Å². The molecule has 0 radical (unpaired) electrons. The highest BCUT2D eigenvalue weighted by molar-refractivity contribution is 6.42. The Labute approximate surface area is 217 Å². The number of anilines is 2. The number of phenolic OH excluding ortho intramolecular Hbond substituents is 1. The maximum absolute atomic E-state index is 12.5. The van der Waals surface area contributed by atoms with Crippen molar-refractivity contribution < 1.29 is 24.2 Å². The largest absolute Gasteiger partial charge is 0.508 e. The average Bonchev–Trinajstić information content (AvgIpc) is 2.85. The molecule has 8 nitrogen and oxygen atoms in total. The normalized spacial score (nSPS) is 10.8. The van der Waals surface area contributed by atoms with E-state index in [0.717, 1.165) is 0 Å². The molecule has 0 unspecified atom stereocenters. The predicted molar refractivity (Wildman–Crippen MR) is 139 cm³/mol. The number of nitrogens with one attached hydrogen (secondary N) is 2. The Kier molecular flexibility index (Phi) is 9.17. The maximum atomic E-state index is 12.5. The van der Waals surface area contributed by atoms with Crippen LogP contribution in [-0.4, -0.2) is 30.1 Å². The van der Waals surface area contributed by atoms with Crippen molar-refractivity contribution in [1.82, 2.24) is 0 Å². The van der Waals surface area contributed by atoms with Gasteiger partial charge in [-0.25, -0.2) is 0 Å². The van der Waals surface area contributed by atoms with Gasteiger partial charge < -0.3 is 25.2 Å². The number of hydrogen-bond acceptors (Lipinski definition) is 6. The number of nitriles is 1. The Balaban J connectivity index is 1.70.